The number of amides is 1. The van der Waals surface area contributed by atoms with Crippen LogP contribution in [0.25, 0.3) is 0 Å². The predicted octanol–water partition coefficient (Wildman–Crippen LogP) is 1.06. The van der Waals surface area contributed by atoms with Gasteiger partial charge in [0.2, 0.25) is 0 Å². The highest BCUT2D eigenvalue weighted by Crippen LogP contribution is 2.31. The lowest BCUT2D eigenvalue weighted by atomic mass is 10.2. The highest BCUT2D eigenvalue weighted by molar-refractivity contribution is 7.11. The second-order valence-electron chi connectivity index (χ2n) is 3.49. The molecule has 0 aromatic carbocycles. The fraction of sp³-hybridized carbons (Fsp3) is 0.556. The summed E-state index contributed by atoms with van der Waals surface area (Å²) in [7, 11) is 0. The van der Waals surface area contributed by atoms with Gasteiger partial charge in [-0.1, -0.05) is 0 Å². The summed E-state index contributed by atoms with van der Waals surface area (Å²) in [6.07, 6.45) is 0. The summed E-state index contributed by atoms with van der Waals surface area (Å²) in [5.74, 6) is -0.294. The molecule has 1 heterocycles. The molecule has 0 fully saturated rings. The largest absolute Gasteiger partial charge is 0.382 e. The van der Waals surface area contributed by atoms with Gasteiger partial charge in [0, 0.05) is 12.6 Å². The lowest BCUT2D eigenvalue weighted by molar-refractivity contribution is 0.100. The number of rotatable bonds is 4. The number of carbonyl (C=O) groups excluding carboxylic acids is 1. The normalized spacial score (nSPS) is 10.7. The first-order valence-corrected chi connectivity index (χ1v) is 5.58. The first-order chi connectivity index (χ1) is 6.99. The molecule has 4 N–H and O–H groups in total. The van der Waals surface area contributed by atoms with Crippen LogP contribution >= 0.6 is 11.5 Å². The number of anilines is 2. The topological polar surface area (TPSA) is 85.2 Å². The monoisotopic (exact) mass is 228 g/mol. The van der Waals surface area contributed by atoms with Crippen LogP contribution in [0.5, 0.6) is 0 Å². The average Bonchev–Trinajstić information content (AvgIpc) is 2.48. The van der Waals surface area contributed by atoms with Crippen LogP contribution in [0.2, 0.25) is 0 Å². The molecule has 0 aliphatic heterocycles. The van der Waals surface area contributed by atoms with Gasteiger partial charge in [0.05, 0.1) is 0 Å². The standard InChI is InChI=1S/C9H16N4OS/c1-4-13(5(2)3)9-6(8(11)14)7(10)12-15-9/h5H,4H2,1-3H3,(H2,10,12)(H2,11,14). The molecule has 84 valence electrons. The molecule has 15 heavy (non-hydrogen) atoms. The zero-order valence-electron chi connectivity index (χ0n) is 9.15. The Morgan fingerprint density at radius 1 is 1.60 bits per heavy atom. The minimum atomic E-state index is -0.518. The first kappa shape index (κ1) is 11.8. The highest BCUT2D eigenvalue weighted by Gasteiger charge is 2.22. The Kier molecular flexibility index (Phi) is 3.52. The Morgan fingerprint density at radius 3 is 2.60 bits per heavy atom. The van der Waals surface area contributed by atoms with E-state index in [0.29, 0.717) is 5.56 Å². The maximum Gasteiger partial charge on any atom is 0.255 e. The minimum absolute atomic E-state index is 0.224. The van der Waals surface area contributed by atoms with Crippen LogP contribution in [0.1, 0.15) is 31.1 Å². The number of nitrogen functional groups attached to an aromatic ring is 1. The smallest absolute Gasteiger partial charge is 0.255 e. The van der Waals surface area contributed by atoms with Crippen molar-refractivity contribution < 1.29 is 4.79 Å². The summed E-state index contributed by atoms with van der Waals surface area (Å²) in [6.45, 7) is 6.90. The molecule has 0 radical (unpaired) electrons. The maximum absolute atomic E-state index is 11.2. The van der Waals surface area contributed by atoms with Crippen molar-refractivity contribution in [3.05, 3.63) is 5.56 Å². The molecule has 0 aliphatic rings. The minimum Gasteiger partial charge on any atom is -0.382 e. The molecule has 0 saturated carbocycles. The third-order valence-corrected chi connectivity index (χ3v) is 3.07. The van der Waals surface area contributed by atoms with E-state index < -0.39 is 5.91 Å². The Labute approximate surface area is 93.2 Å². The summed E-state index contributed by atoms with van der Waals surface area (Å²) >= 11 is 1.22. The third kappa shape index (κ3) is 2.20. The molecule has 0 aliphatic carbocycles. The molecule has 1 aromatic rings. The zero-order chi connectivity index (χ0) is 11.6. The van der Waals surface area contributed by atoms with Gasteiger partial charge in [-0.2, -0.15) is 4.37 Å². The van der Waals surface area contributed by atoms with Gasteiger partial charge in [0.15, 0.2) is 5.82 Å². The lowest BCUT2D eigenvalue weighted by Crippen LogP contribution is -2.31. The molecule has 0 atom stereocenters. The number of nitrogens with two attached hydrogens (primary N) is 2. The van der Waals surface area contributed by atoms with Gasteiger partial charge in [0.25, 0.3) is 5.91 Å². The van der Waals surface area contributed by atoms with Crippen molar-refractivity contribution in [1.29, 1.82) is 0 Å². The fourth-order valence-electron chi connectivity index (χ4n) is 1.46. The summed E-state index contributed by atoms with van der Waals surface area (Å²) in [5.41, 5.74) is 11.2. The second kappa shape index (κ2) is 4.48. The molecule has 1 aromatic heterocycles. The van der Waals surface area contributed by atoms with E-state index in [1.807, 2.05) is 25.7 Å². The average molecular weight is 228 g/mol. The van der Waals surface area contributed by atoms with Gasteiger partial charge in [-0.3, -0.25) is 4.79 Å². The Morgan fingerprint density at radius 2 is 2.20 bits per heavy atom. The van der Waals surface area contributed by atoms with E-state index in [2.05, 4.69) is 4.37 Å². The van der Waals surface area contributed by atoms with E-state index in [1.165, 1.54) is 11.5 Å². The number of hydrogen-bond donors (Lipinski definition) is 2. The Hall–Kier alpha value is -1.30. The van der Waals surface area contributed by atoms with Gasteiger partial charge >= 0.3 is 0 Å². The van der Waals surface area contributed by atoms with Crippen LogP contribution in [0.4, 0.5) is 10.8 Å². The van der Waals surface area contributed by atoms with Gasteiger partial charge < -0.3 is 16.4 Å². The maximum atomic E-state index is 11.2. The molecular formula is C9H16N4OS. The molecule has 1 rings (SSSR count). The third-order valence-electron chi connectivity index (χ3n) is 2.17. The SMILES string of the molecule is CCN(c1snc(N)c1C(N)=O)C(C)C. The predicted molar refractivity (Wildman–Crippen MR) is 63.2 cm³/mol. The van der Waals surface area contributed by atoms with Crippen molar-refractivity contribution in [2.75, 3.05) is 17.2 Å². The first-order valence-electron chi connectivity index (χ1n) is 4.80. The van der Waals surface area contributed by atoms with Crippen molar-refractivity contribution in [3.8, 4) is 0 Å². The molecule has 0 saturated heterocycles. The second-order valence-corrected chi connectivity index (χ2v) is 4.24. The number of hydrogen-bond acceptors (Lipinski definition) is 5. The Balaban J connectivity index is 3.18. The summed E-state index contributed by atoms with van der Waals surface area (Å²) < 4.78 is 3.97. The summed E-state index contributed by atoms with van der Waals surface area (Å²) in [5, 5.41) is 0.762. The van der Waals surface area contributed by atoms with Gasteiger partial charge in [-0.25, -0.2) is 0 Å². The molecule has 1 amide bonds. The van der Waals surface area contributed by atoms with Crippen LogP contribution in [0.3, 0.4) is 0 Å². The quantitative estimate of drug-likeness (QED) is 0.807. The van der Waals surface area contributed by atoms with Crippen molar-refractivity contribution in [1.82, 2.24) is 4.37 Å². The summed E-state index contributed by atoms with van der Waals surface area (Å²) in [4.78, 5) is 13.3. The molecule has 0 unspecified atom stereocenters. The van der Waals surface area contributed by atoms with Gasteiger partial charge in [0.1, 0.15) is 10.6 Å². The zero-order valence-corrected chi connectivity index (χ0v) is 9.97. The van der Waals surface area contributed by atoms with Crippen LogP contribution < -0.4 is 16.4 Å². The number of nitrogens with zero attached hydrogens (tertiary/aromatic N) is 2. The molecule has 0 bridgehead atoms. The van der Waals surface area contributed by atoms with Crippen LogP contribution in [0, 0.1) is 0 Å². The molecule has 0 spiro atoms. The van der Waals surface area contributed by atoms with E-state index in [-0.39, 0.29) is 11.9 Å². The molecule has 6 heteroatoms. The number of aromatic nitrogens is 1. The highest BCUT2D eigenvalue weighted by atomic mass is 32.1. The van der Waals surface area contributed by atoms with E-state index in [0.717, 1.165) is 11.5 Å². The van der Waals surface area contributed by atoms with E-state index >= 15 is 0 Å². The van der Waals surface area contributed by atoms with Crippen molar-refractivity contribution in [2.24, 2.45) is 5.73 Å². The van der Waals surface area contributed by atoms with Crippen LogP contribution in [0.15, 0.2) is 0 Å². The number of carbonyl (C=O) groups is 1. The lowest BCUT2D eigenvalue weighted by Gasteiger charge is -2.25. The molecular weight excluding hydrogens is 212 g/mol. The van der Waals surface area contributed by atoms with E-state index in [4.69, 9.17) is 11.5 Å². The summed E-state index contributed by atoms with van der Waals surface area (Å²) in [6, 6.07) is 0.285. The van der Waals surface area contributed by atoms with E-state index in [1.54, 1.807) is 0 Å². The van der Waals surface area contributed by atoms with Crippen molar-refractivity contribution in [3.63, 3.8) is 0 Å². The van der Waals surface area contributed by atoms with Gasteiger partial charge in [-0.05, 0) is 32.3 Å². The van der Waals surface area contributed by atoms with Crippen molar-refractivity contribution >= 4 is 28.3 Å². The number of primary amides is 1. The van der Waals surface area contributed by atoms with Crippen LogP contribution in [-0.2, 0) is 0 Å². The van der Waals surface area contributed by atoms with Gasteiger partial charge in [-0.15, -0.1) is 0 Å². The van der Waals surface area contributed by atoms with E-state index in [9.17, 15) is 4.79 Å². The van der Waals surface area contributed by atoms with Crippen molar-refractivity contribution in [2.45, 2.75) is 26.8 Å². The molecule has 5 nitrogen and oxygen atoms in total. The fourth-order valence-corrected chi connectivity index (χ4v) is 2.48. The van der Waals surface area contributed by atoms with Crippen LogP contribution in [-0.4, -0.2) is 22.9 Å². The Bertz CT molecular complexity index is 361.